The molecule has 0 amide bonds. The van der Waals surface area contributed by atoms with Crippen molar-refractivity contribution in [3.05, 3.63) is 41.0 Å². The van der Waals surface area contributed by atoms with Gasteiger partial charge in [0.15, 0.2) is 5.78 Å². The highest BCUT2D eigenvalue weighted by Crippen LogP contribution is 2.19. The quantitative estimate of drug-likeness (QED) is 0.881. The first kappa shape index (κ1) is 16.2. The molecule has 22 heavy (non-hydrogen) atoms. The molecule has 0 aliphatic heterocycles. The number of carbonyl (C=O) groups excluding carboxylic acids is 1. The first-order valence-corrected chi connectivity index (χ1v) is 7.56. The van der Waals surface area contributed by atoms with E-state index in [-0.39, 0.29) is 17.7 Å². The number of aromatic nitrogens is 3. The summed E-state index contributed by atoms with van der Waals surface area (Å²) < 4.78 is 1.93. The zero-order valence-corrected chi connectivity index (χ0v) is 14.0. The standard InChI is InChI=1S/C17H24N4O/c1-6-13-9-15(20-21(13)17(3,4)5)16(22)8-12-7-14(18)11(2)19-10-12/h7,9-10H,6,8,18H2,1-5H3. The number of carbonyl (C=O) groups is 1. The van der Waals surface area contributed by atoms with Crippen molar-refractivity contribution in [3.63, 3.8) is 0 Å². The van der Waals surface area contributed by atoms with E-state index in [1.165, 1.54) is 0 Å². The SMILES string of the molecule is CCc1cc(C(=O)Cc2cnc(C)c(N)c2)nn1C(C)(C)C. The first-order valence-electron chi connectivity index (χ1n) is 7.56. The van der Waals surface area contributed by atoms with Crippen LogP contribution in [0.1, 0.15) is 55.1 Å². The van der Waals surface area contributed by atoms with Gasteiger partial charge >= 0.3 is 0 Å². The van der Waals surface area contributed by atoms with Gasteiger partial charge in [0.25, 0.3) is 0 Å². The van der Waals surface area contributed by atoms with E-state index in [1.54, 1.807) is 6.20 Å². The molecule has 5 heteroatoms. The Balaban J connectivity index is 2.26. The normalized spacial score (nSPS) is 11.7. The Morgan fingerprint density at radius 2 is 2.00 bits per heavy atom. The summed E-state index contributed by atoms with van der Waals surface area (Å²) in [6, 6.07) is 3.69. The predicted molar refractivity (Wildman–Crippen MR) is 88.0 cm³/mol. The van der Waals surface area contributed by atoms with Crippen LogP contribution in [0, 0.1) is 6.92 Å². The molecule has 2 aromatic rings. The largest absolute Gasteiger partial charge is 0.397 e. The van der Waals surface area contributed by atoms with Gasteiger partial charge in [0.05, 0.1) is 16.9 Å². The van der Waals surface area contributed by atoms with Crippen molar-refractivity contribution in [2.24, 2.45) is 0 Å². The molecule has 0 aliphatic carbocycles. The number of hydrogen-bond donors (Lipinski definition) is 1. The molecule has 2 rings (SSSR count). The Hall–Kier alpha value is -2.17. The zero-order chi connectivity index (χ0) is 16.5. The summed E-state index contributed by atoms with van der Waals surface area (Å²) in [6.45, 7) is 10.2. The van der Waals surface area contributed by atoms with Gasteiger partial charge in [-0.1, -0.05) is 6.92 Å². The molecule has 5 nitrogen and oxygen atoms in total. The molecule has 0 unspecified atom stereocenters. The molecule has 0 fully saturated rings. The van der Waals surface area contributed by atoms with Crippen LogP contribution in [0.4, 0.5) is 5.69 Å². The van der Waals surface area contributed by atoms with Crippen LogP contribution in [0.25, 0.3) is 0 Å². The summed E-state index contributed by atoms with van der Waals surface area (Å²) in [5.74, 6) is -0.0113. The van der Waals surface area contributed by atoms with Crippen molar-refractivity contribution in [2.45, 2.75) is 53.0 Å². The Morgan fingerprint density at radius 1 is 1.32 bits per heavy atom. The van der Waals surface area contributed by atoms with E-state index in [1.807, 2.05) is 23.7 Å². The van der Waals surface area contributed by atoms with Crippen LogP contribution in [0.2, 0.25) is 0 Å². The smallest absolute Gasteiger partial charge is 0.187 e. The molecule has 0 spiro atoms. The van der Waals surface area contributed by atoms with Crippen molar-refractivity contribution >= 4 is 11.5 Å². The van der Waals surface area contributed by atoms with E-state index in [0.29, 0.717) is 11.4 Å². The monoisotopic (exact) mass is 300 g/mol. The number of nitrogens with two attached hydrogens (primary N) is 1. The van der Waals surface area contributed by atoms with E-state index in [2.05, 4.69) is 37.8 Å². The van der Waals surface area contributed by atoms with E-state index < -0.39 is 0 Å². The fourth-order valence-corrected chi connectivity index (χ4v) is 2.36. The second-order valence-corrected chi connectivity index (χ2v) is 6.58. The third-order valence-electron chi connectivity index (χ3n) is 3.61. The molecule has 0 saturated carbocycles. The second-order valence-electron chi connectivity index (χ2n) is 6.58. The molecular weight excluding hydrogens is 276 g/mol. The number of Topliss-reactive ketones (excluding diaryl/α,β-unsaturated/α-hetero) is 1. The first-order chi connectivity index (χ1) is 10.2. The molecule has 0 atom stereocenters. The lowest BCUT2D eigenvalue weighted by Crippen LogP contribution is -2.25. The Labute approximate surface area is 131 Å². The van der Waals surface area contributed by atoms with E-state index >= 15 is 0 Å². The third kappa shape index (κ3) is 3.35. The molecule has 118 valence electrons. The summed E-state index contributed by atoms with van der Waals surface area (Å²) in [5.41, 5.74) is 9.49. The maximum absolute atomic E-state index is 12.5. The number of aryl methyl sites for hydroxylation is 2. The number of nitrogen functional groups attached to an aromatic ring is 1. The summed E-state index contributed by atoms with van der Waals surface area (Å²) in [7, 11) is 0. The Kier molecular flexibility index (Phi) is 4.35. The second kappa shape index (κ2) is 5.91. The minimum absolute atomic E-state index is 0.0113. The zero-order valence-electron chi connectivity index (χ0n) is 14.0. The van der Waals surface area contributed by atoms with E-state index in [4.69, 9.17) is 5.73 Å². The van der Waals surface area contributed by atoms with Gasteiger partial charge in [-0.3, -0.25) is 14.5 Å². The number of nitrogens with zero attached hydrogens (tertiary/aromatic N) is 3. The molecular formula is C17H24N4O. The lowest BCUT2D eigenvalue weighted by molar-refractivity contribution is 0.0986. The highest BCUT2D eigenvalue weighted by molar-refractivity contribution is 5.95. The summed E-state index contributed by atoms with van der Waals surface area (Å²) in [6.07, 6.45) is 2.81. The van der Waals surface area contributed by atoms with Crippen LogP contribution in [-0.4, -0.2) is 20.5 Å². The van der Waals surface area contributed by atoms with Crippen LogP contribution in [0.3, 0.4) is 0 Å². The molecule has 0 radical (unpaired) electrons. The third-order valence-corrected chi connectivity index (χ3v) is 3.61. The van der Waals surface area contributed by atoms with Crippen LogP contribution < -0.4 is 5.73 Å². The minimum Gasteiger partial charge on any atom is -0.397 e. The number of pyridine rings is 1. The molecule has 2 aromatic heterocycles. The maximum atomic E-state index is 12.5. The number of hydrogen-bond acceptors (Lipinski definition) is 4. The van der Waals surface area contributed by atoms with Crippen LogP contribution in [0.5, 0.6) is 0 Å². The van der Waals surface area contributed by atoms with Crippen molar-refractivity contribution in [3.8, 4) is 0 Å². The van der Waals surface area contributed by atoms with Gasteiger partial charge in [-0.15, -0.1) is 0 Å². The number of ketones is 1. The fraction of sp³-hybridized carbons (Fsp3) is 0.471. The summed E-state index contributed by atoms with van der Waals surface area (Å²) in [5, 5.41) is 4.50. The highest BCUT2D eigenvalue weighted by atomic mass is 16.1. The summed E-state index contributed by atoms with van der Waals surface area (Å²) >= 11 is 0. The van der Waals surface area contributed by atoms with Crippen LogP contribution >= 0.6 is 0 Å². The highest BCUT2D eigenvalue weighted by Gasteiger charge is 2.21. The van der Waals surface area contributed by atoms with E-state index in [0.717, 1.165) is 23.4 Å². The summed E-state index contributed by atoms with van der Waals surface area (Å²) in [4.78, 5) is 16.7. The van der Waals surface area contributed by atoms with Crippen LogP contribution in [-0.2, 0) is 18.4 Å². The van der Waals surface area contributed by atoms with Gasteiger partial charge in [-0.25, -0.2) is 0 Å². The van der Waals surface area contributed by atoms with Gasteiger partial charge in [0, 0.05) is 18.3 Å². The molecule has 0 aliphatic rings. The minimum atomic E-state index is -0.139. The van der Waals surface area contributed by atoms with Crippen LogP contribution in [0.15, 0.2) is 18.3 Å². The molecule has 0 aromatic carbocycles. The number of rotatable bonds is 4. The van der Waals surface area contributed by atoms with Gasteiger partial charge in [0.2, 0.25) is 0 Å². The average Bonchev–Trinajstić information content (AvgIpc) is 2.87. The maximum Gasteiger partial charge on any atom is 0.187 e. The lowest BCUT2D eigenvalue weighted by Gasteiger charge is -2.21. The van der Waals surface area contributed by atoms with Gasteiger partial charge in [-0.05, 0) is 51.8 Å². The van der Waals surface area contributed by atoms with Crippen molar-refractivity contribution in [2.75, 3.05) is 5.73 Å². The average molecular weight is 300 g/mol. The Morgan fingerprint density at radius 3 is 2.50 bits per heavy atom. The molecule has 2 heterocycles. The topological polar surface area (TPSA) is 73.8 Å². The molecule has 2 N–H and O–H groups in total. The van der Waals surface area contributed by atoms with E-state index in [9.17, 15) is 4.79 Å². The van der Waals surface area contributed by atoms with Gasteiger partial charge in [-0.2, -0.15) is 5.10 Å². The van der Waals surface area contributed by atoms with Gasteiger partial charge < -0.3 is 5.73 Å². The van der Waals surface area contributed by atoms with Crippen molar-refractivity contribution in [1.82, 2.24) is 14.8 Å². The predicted octanol–water partition coefficient (Wildman–Crippen LogP) is 2.91. The number of anilines is 1. The van der Waals surface area contributed by atoms with Crippen molar-refractivity contribution < 1.29 is 4.79 Å². The van der Waals surface area contributed by atoms with Gasteiger partial charge in [0.1, 0.15) is 5.69 Å². The van der Waals surface area contributed by atoms with Crippen molar-refractivity contribution in [1.29, 1.82) is 0 Å². The molecule has 0 saturated heterocycles. The molecule has 0 bridgehead atoms. The Bertz CT molecular complexity index is 695. The fourth-order valence-electron chi connectivity index (χ4n) is 2.36. The lowest BCUT2D eigenvalue weighted by atomic mass is 10.1.